The predicted octanol–water partition coefficient (Wildman–Crippen LogP) is 3.37. The maximum Gasteiger partial charge on any atom is 0.224 e. The van der Waals surface area contributed by atoms with Crippen molar-refractivity contribution in [1.82, 2.24) is 15.1 Å². The summed E-state index contributed by atoms with van der Waals surface area (Å²) >= 11 is 0. The van der Waals surface area contributed by atoms with Gasteiger partial charge in [-0.3, -0.25) is 9.79 Å². The highest BCUT2D eigenvalue weighted by atomic mass is 127. The Morgan fingerprint density at radius 1 is 1.17 bits per heavy atom. The monoisotopic (exact) mass is 516 g/mol. The van der Waals surface area contributed by atoms with E-state index < -0.39 is 0 Å². The Kier molecular flexibility index (Phi) is 12.9. The zero-order chi connectivity index (χ0) is 20.2. The van der Waals surface area contributed by atoms with Crippen molar-refractivity contribution in [2.45, 2.75) is 39.2 Å². The fourth-order valence-corrected chi connectivity index (χ4v) is 3.38. The molecule has 1 aliphatic rings. The highest BCUT2D eigenvalue weighted by Gasteiger charge is 2.15. The third-order valence-electron chi connectivity index (χ3n) is 5.19. The van der Waals surface area contributed by atoms with E-state index in [0.29, 0.717) is 19.5 Å². The van der Waals surface area contributed by atoms with Crippen LogP contribution in [0.2, 0.25) is 0 Å². The van der Waals surface area contributed by atoms with Gasteiger partial charge in [-0.15, -0.1) is 24.0 Å². The number of carbonyl (C=O) groups excluding carboxylic acids is 1. The van der Waals surface area contributed by atoms with E-state index in [1.165, 1.54) is 0 Å². The molecule has 6 nitrogen and oxygen atoms in total. The van der Waals surface area contributed by atoms with Crippen molar-refractivity contribution in [2.75, 3.05) is 46.9 Å². The molecule has 0 spiro atoms. The number of hydrogen-bond donors (Lipinski definition) is 1. The number of nitrogens with zero attached hydrogens (tertiary/aromatic N) is 3. The number of aliphatic imine (C=N–C) groups is 1. The first kappa shape index (κ1) is 25.7. The Bertz CT molecular complexity index is 606. The van der Waals surface area contributed by atoms with Gasteiger partial charge in [-0.05, 0) is 37.7 Å². The molecule has 0 aromatic heterocycles. The van der Waals surface area contributed by atoms with Crippen LogP contribution in [-0.4, -0.2) is 68.6 Å². The quantitative estimate of drug-likeness (QED) is 0.311. The summed E-state index contributed by atoms with van der Waals surface area (Å²) in [4.78, 5) is 21.0. The van der Waals surface area contributed by atoms with E-state index in [4.69, 9.17) is 4.74 Å². The van der Waals surface area contributed by atoms with Crippen LogP contribution in [0.15, 0.2) is 35.3 Å². The number of rotatable bonds is 9. The van der Waals surface area contributed by atoms with Gasteiger partial charge in [-0.25, -0.2) is 0 Å². The zero-order valence-electron chi connectivity index (χ0n) is 18.1. The molecule has 0 bridgehead atoms. The lowest BCUT2D eigenvalue weighted by molar-refractivity contribution is -0.130. The van der Waals surface area contributed by atoms with Gasteiger partial charge in [0.1, 0.15) is 0 Å². The first-order chi connectivity index (χ1) is 13.6. The third kappa shape index (κ3) is 9.80. The number of amides is 1. The van der Waals surface area contributed by atoms with E-state index in [2.05, 4.69) is 29.2 Å². The molecule has 0 saturated carbocycles. The topological polar surface area (TPSA) is 57.2 Å². The molecule has 7 heteroatoms. The molecule has 0 unspecified atom stereocenters. The van der Waals surface area contributed by atoms with Crippen LogP contribution < -0.4 is 5.32 Å². The predicted molar refractivity (Wildman–Crippen MR) is 130 cm³/mol. The maximum absolute atomic E-state index is 12.4. The van der Waals surface area contributed by atoms with Crippen LogP contribution in [0.5, 0.6) is 0 Å². The highest BCUT2D eigenvalue weighted by Crippen LogP contribution is 2.18. The van der Waals surface area contributed by atoms with E-state index in [9.17, 15) is 4.79 Å². The molecule has 1 fully saturated rings. The molecule has 1 amide bonds. The van der Waals surface area contributed by atoms with Crippen molar-refractivity contribution in [3.63, 3.8) is 0 Å². The van der Waals surface area contributed by atoms with Crippen LogP contribution in [0, 0.1) is 5.92 Å². The van der Waals surface area contributed by atoms with Crippen LogP contribution in [0.1, 0.15) is 38.2 Å². The van der Waals surface area contributed by atoms with Gasteiger partial charge in [0.2, 0.25) is 5.91 Å². The van der Waals surface area contributed by atoms with Crippen molar-refractivity contribution in [3.05, 3.63) is 35.9 Å². The van der Waals surface area contributed by atoms with Crippen LogP contribution in [0.3, 0.4) is 0 Å². The van der Waals surface area contributed by atoms with Crippen molar-refractivity contribution < 1.29 is 9.53 Å². The number of nitrogens with one attached hydrogen (secondary N) is 1. The summed E-state index contributed by atoms with van der Waals surface area (Å²) < 4.78 is 5.44. The van der Waals surface area contributed by atoms with Crippen LogP contribution >= 0.6 is 24.0 Å². The van der Waals surface area contributed by atoms with Gasteiger partial charge in [-0.2, -0.15) is 0 Å². The smallest absolute Gasteiger partial charge is 0.224 e. The Morgan fingerprint density at radius 2 is 1.86 bits per heavy atom. The van der Waals surface area contributed by atoms with Gasteiger partial charge in [-0.1, -0.05) is 30.3 Å². The standard InChI is InChI=1S/C22H36N4O2.HI/c1-4-23-22(25(2)15-11-19-12-16-28-17-13-19)24-14-10-21(27)26(3)18-20-8-6-5-7-9-20;/h5-9,19H,4,10-18H2,1-3H3,(H,23,24);1H. The number of hydrogen-bond acceptors (Lipinski definition) is 3. The van der Waals surface area contributed by atoms with Crippen molar-refractivity contribution in [2.24, 2.45) is 10.9 Å². The largest absolute Gasteiger partial charge is 0.381 e. The second-order valence-corrected chi connectivity index (χ2v) is 7.49. The van der Waals surface area contributed by atoms with E-state index in [0.717, 1.165) is 63.0 Å². The molecule has 1 aliphatic heterocycles. The maximum atomic E-state index is 12.4. The summed E-state index contributed by atoms with van der Waals surface area (Å²) in [5.74, 6) is 1.74. The molecule has 0 aliphatic carbocycles. The Balaban J connectivity index is 0.00000420. The minimum absolute atomic E-state index is 0. The summed E-state index contributed by atoms with van der Waals surface area (Å²) in [7, 11) is 3.93. The number of ether oxygens (including phenoxy) is 1. The van der Waals surface area contributed by atoms with Gasteiger partial charge in [0.25, 0.3) is 0 Å². The summed E-state index contributed by atoms with van der Waals surface area (Å²) in [6, 6.07) is 10.1. The fourth-order valence-electron chi connectivity index (χ4n) is 3.38. The van der Waals surface area contributed by atoms with Crippen molar-refractivity contribution >= 4 is 35.8 Å². The van der Waals surface area contributed by atoms with Gasteiger partial charge in [0.05, 0.1) is 6.54 Å². The fraction of sp³-hybridized carbons (Fsp3) is 0.636. The molecular weight excluding hydrogens is 479 g/mol. The molecule has 1 saturated heterocycles. The second kappa shape index (κ2) is 14.6. The molecule has 164 valence electrons. The number of halogens is 1. The number of carbonyl (C=O) groups is 1. The van der Waals surface area contributed by atoms with E-state index in [1.807, 2.05) is 37.4 Å². The van der Waals surface area contributed by atoms with Crippen LogP contribution in [0.25, 0.3) is 0 Å². The number of benzene rings is 1. The molecule has 1 heterocycles. The van der Waals surface area contributed by atoms with Crippen molar-refractivity contribution in [1.29, 1.82) is 0 Å². The molecule has 1 aromatic carbocycles. The Labute approximate surface area is 193 Å². The molecule has 2 rings (SSSR count). The lowest BCUT2D eigenvalue weighted by atomic mass is 9.96. The SMILES string of the molecule is CCNC(=NCCC(=O)N(C)Cc1ccccc1)N(C)CCC1CCOCC1.I. The second-order valence-electron chi connectivity index (χ2n) is 7.49. The summed E-state index contributed by atoms with van der Waals surface area (Å²) in [6.45, 7) is 6.78. The number of guanidine groups is 1. The molecule has 1 N–H and O–H groups in total. The molecule has 1 aromatic rings. The van der Waals surface area contributed by atoms with Crippen LogP contribution in [-0.2, 0) is 16.1 Å². The average Bonchev–Trinajstić information content (AvgIpc) is 2.72. The first-order valence-electron chi connectivity index (χ1n) is 10.4. The van der Waals surface area contributed by atoms with Gasteiger partial charge in [0.15, 0.2) is 5.96 Å². The highest BCUT2D eigenvalue weighted by molar-refractivity contribution is 14.0. The van der Waals surface area contributed by atoms with E-state index in [-0.39, 0.29) is 29.9 Å². The molecule has 0 atom stereocenters. The molecular formula is C22H37IN4O2. The summed E-state index contributed by atoms with van der Waals surface area (Å²) in [5.41, 5.74) is 1.14. The Morgan fingerprint density at radius 3 is 2.52 bits per heavy atom. The summed E-state index contributed by atoms with van der Waals surface area (Å²) in [5, 5.41) is 3.34. The zero-order valence-corrected chi connectivity index (χ0v) is 20.4. The average molecular weight is 516 g/mol. The lowest BCUT2D eigenvalue weighted by Crippen LogP contribution is -2.40. The van der Waals surface area contributed by atoms with Crippen LogP contribution in [0.4, 0.5) is 0 Å². The van der Waals surface area contributed by atoms with Crippen molar-refractivity contribution in [3.8, 4) is 0 Å². The molecule has 0 radical (unpaired) electrons. The first-order valence-corrected chi connectivity index (χ1v) is 10.4. The lowest BCUT2D eigenvalue weighted by Gasteiger charge is -2.27. The van der Waals surface area contributed by atoms with E-state index >= 15 is 0 Å². The summed E-state index contributed by atoms with van der Waals surface area (Å²) in [6.07, 6.45) is 3.89. The third-order valence-corrected chi connectivity index (χ3v) is 5.19. The normalized spacial score (nSPS) is 14.8. The van der Waals surface area contributed by atoms with Gasteiger partial charge >= 0.3 is 0 Å². The minimum atomic E-state index is 0. The Hall–Kier alpha value is -1.35. The minimum Gasteiger partial charge on any atom is -0.381 e. The van der Waals surface area contributed by atoms with Gasteiger partial charge < -0.3 is 19.9 Å². The van der Waals surface area contributed by atoms with Gasteiger partial charge in [0, 0.05) is 53.4 Å². The molecule has 29 heavy (non-hydrogen) atoms. The van der Waals surface area contributed by atoms with E-state index in [1.54, 1.807) is 4.90 Å².